The van der Waals surface area contributed by atoms with E-state index < -0.39 is 0 Å². The van der Waals surface area contributed by atoms with Crippen molar-refractivity contribution in [3.63, 3.8) is 0 Å². The molecule has 132 valence electrons. The number of nitrogens with zero attached hydrogens (tertiary/aromatic N) is 4. The van der Waals surface area contributed by atoms with Gasteiger partial charge in [0.15, 0.2) is 0 Å². The van der Waals surface area contributed by atoms with Gasteiger partial charge in [-0.3, -0.25) is 4.79 Å². The standard InChI is InChI=1S/C18H16IN5O2/c19-22-7-11(8-22)23-10-17(26)20-14-9-24-15(18(14)23)6-5-13(21-24)12-3-1-2-4-16(12)25/h1-6,9,11,25H,7-8,10H2,(H,20,26). The van der Waals surface area contributed by atoms with Crippen LogP contribution in [0.5, 0.6) is 5.75 Å². The number of hydrogen-bond acceptors (Lipinski definition) is 5. The van der Waals surface area contributed by atoms with E-state index in [9.17, 15) is 9.90 Å². The molecule has 0 bridgehead atoms. The van der Waals surface area contributed by atoms with Crippen molar-refractivity contribution in [2.45, 2.75) is 6.04 Å². The van der Waals surface area contributed by atoms with E-state index in [1.54, 1.807) is 16.6 Å². The average Bonchev–Trinajstić information content (AvgIpc) is 2.96. The lowest BCUT2D eigenvalue weighted by molar-refractivity contribution is -0.115. The zero-order valence-electron chi connectivity index (χ0n) is 13.8. The number of halogens is 1. The molecule has 26 heavy (non-hydrogen) atoms. The summed E-state index contributed by atoms with van der Waals surface area (Å²) in [6, 6.07) is 11.4. The number of hydrogen-bond donors (Lipinski definition) is 2. The third-order valence-electron chi connectivity index (χ3n) is 4.92. The number of amides is 1. The molecule has 0 atom stereocenters. The van der Waals surface area contributed by atoms with Gasteiger partial charge in [0.05, 0.1) is 41.4 Å². The highest BCUT2D eigenvalue weighted by Gasteiger charge is 2.37. The molecule has 1 fully saturated rings. The number of aromatic nitrogens is 2. The Hall–Kier alpha value is -2.33. The summed E-state index contributed by atoms with van der Waals surface area (Å²) in [7, 11) is 0. The molecule has 0 unspecified atom stereocenters. The van der Waals surface area contributed by atoms with Gasteiger partial charge in [-0.25, -0.2) is 7.63 Å². The predicted molar refractivity (Wildman–Crippen MR) is 108 cm³/mol. The van der Waals surface area contributed by atoms with Crippen molar-refractivity contribution >= 4 is 45.7 Å². The van der Waals surface area contributed by atoms with Gasteiger partial charge in [0.25, 0.3) is 0 Å². The Bertz CT molecular complexity index is 1030. The molecule has 0 saturated carbocycles. The van der Waals surface area contributed by atoms with Crippen LogP contribution in [0, 0.1) is 0 Å². The minimum absolute atomic E-state index is 0.00115. The minimum atomic E-state index is 0.00115. The van der Waals surface area contributed by atoms with Crippen LogP contribution in [-0.4, -0.2) is 49.4 Å². The molecule has 0 aliphatic carbocycles. The van der Waals surface area contributed by atoms with Crippen LogP contribution < -0.4 is 10.2 Å². The lowest BCUT2D eigenvalue weighted by atomic mass is 10.1. The molecule has 1 saturated heterocycles. The highest BCUT2D eigenvalue weighted by Crippen LogP contribution is 2.39. The van der Waals surface area contributed by atoms with Gasteiger partial charge in [0.1, 0.15) is 5.75 Å². The number of rotatable bonds is 2. The maximum atomic E-state index is 12.1. The molecule has 2 N–H and O–H groups in total. The summed E-state index contributed by atoms with van der Waals surface area (Å²) >= 11 is 2.30. The molecule has 1 amide bonds. The van der Waals surface area contributed by atoms with Crippen LogP contribution in [0.15, 0.2) is 42.6 Å². The van der Waals surface area contributed by atoms with Crippen molar-refractivity contribution in [1.82, 2.24) is 12.7 Å². The van der Waals surface area contributed by atoms with E-state index in [4.69, 9.17) is 0 Å². The molecule has 7 nitrogen and oxygen atoms in total. The van der Waals surface area contributed by atoms with Crippen LogP contribution in [0.25, 0.3) is 16.8 Å². The summed E-state index contributed by atoms with van der Waals surface area (Å²) < 4.78 is 3.99. The van der Waals surface area contributed by atoms with Crippen molar-refractivity contribution < 1.29 is 9.90 Å². The Morgan fingerprint density at radius 3 is 2.77 bits per heavy atom. The molecule has 2 aromatic heterocycles. The number of anilines is 2. The van der Waals surface area contributed by atoms with Crippen molar-refractivity contribution in [3.05, 3.63) is 42.6 Å². The summed E-state index contributed by atoms with van der Waals surface area (Å²) in [5.41, 5.74) is 4.13. The second-order valence-electron chi connectivity index (χ2n) is 6.61. The summed E-state index contributed by atoms with van der Waals surface area (Å²) in [6.45, 7) is 2.24. The normalized spacial score (nSPS) is 17.9. The first kappa shape index (κ1) is 15.9. The fraction of sp³-hybridized carbons (Fsp3) is 0.222. The number of aromatic hydroxyl groups is 1. The largest absolute Gasteiger partial charge is 0.507 e. The first-order valence-electron chi connectivity index (χ1n) is 8.38. The molecular formula is C18H16IN5O2. The lowest BCUT2D eigenvalue weighted by Gasteiger charge is -2.44. The van der Waals surface area contributed by atoms with Crippen LogP contribution in [0.1, 0.15) is 0 Å². The van der Waals surface area contributed by atoms with E-state index in [-0.39, 0.29) is 11.7 Å². The number of fused-ring (bicyclic) bond motifs is 3. The fourth-order valence-corrected chi connectivity index (χ4v) is 4.52. The van der Waals surface area contributed by atoms with E-state index in [1.807, 2.05) is 30.5 Å². The molecule has 2 aliphatic heterocycles. The second kappa shape index (κ2) is 5.85. The third-order valence-corrected chi connectivity index (χ3v) is 5.71. The molecular weight excluding hydrogens is 445 g/mol. The van der Waals surface area contributed by atoms with E-state index >= 15 is 0 Å². The highest BCUT2D eigenvalue weighted by molar-refractivity contribution is 14.1. The van der Waals surface area contributed by atoms with Crippen LogP contribution >= 0.6 is 22.9 Å². The number of phenols is 1. The van der Waals surface area contributed by atoms with E-state index in [0.717, 1.165) is 30.0 Å². The molecule has 3 aromatic rings. The van der Waals surface area contributed by atoms with Crippen molar-refractivity contribution in [2.24, 2.45) is 0 Å². The van der Waals surface area contributed by atoms with Gasteiger partial charge in [0, 0.05) is 41.5 Å². The molecule has 2 aliphatic rings. The molecule has 5 rings (SSSR count). The average molecular weight is 461 g/mol. The SMILES string of the molecule is O=C1CN(C2CN(I)C2)c2c(cn3nc(-c4ccccc4O)ccc23)N1. The quantitative estimate of drug-likeness (QED) is 0.454. The molecule has 0 radical (unpaired) electrons. The maximum Gasteiger partial charge on any atom is 0.244 e. The highest BCUT2D eigenvalue weighted by atomic mass is 127. The van der Waals surface area contributed by atoms with Crippen molar-refractivity contribution in [3.8, 4) is 17.0 Å². The van der Waals surface area contributed by atoms with Crippen molar-refractivity contribution in [2.75, 3.05) is 29.9 Å². The van der Waals surface area contributed by atoms with Gasteiger partial charge < -0.3 is 15.3 Å². The topological polar surface area (TPSA) is 73.1 Å². The number of carbonyl (C=O) groups is 1. The predicted octanol–water partition coefficient (Wildman–Crippen LogP) is 2.50. The monoisotopic (exact) mass is 461 g/mol. The summed E-state index contributed by atoms with van der Waals surface area (Å²) in [6.07, 6.45) is 1.85. The number of phenolic OH excluding ortho intramolecular Hbond substituents is 1. The van der Waals surface area contributed by atoms with Gasteiger partial charge in [-0.05, 0) is 24.3 Å². The Balaban J connectivity index is 1.62. The second-order valence-corrected chi connectivity index (χ2v) is 7.98. The van der Waals surface area contributed by atoms with Gasteiger partial charge in [-0.15, -0.1) is 0 Å². The van der Waals surface area contributed by atoms with Crippen LogP contribution in [0.2, 0.25) is 0 Å². The Labute approximate surface area is 163 Å². The van der Waals surface area contributed by atoms with Crippen LogP contribution in [0.3, 0.4) is 0 Å². The minimum Gasteiger partial charge on any atom is -0.507 e. The number of carbonyl (C=O) groups excluding carboxylic acids is 1. The number of nitrogens with one attached hydrogen (secondary N) is 1. The molecule has 8 heteroatoms. The zero-order valence-corrected chi connectivity index (χ0v) is 15.9. The van der Waals surface area contributed by atoms with E-state index in [2.05, 4.69) is 41.3 Å². The Morgan fingerprint density at radius 2 is 2.00 bits per heavy atom. The molecule has 4 heterocycles. The molecule has 1 aromatic carbocycles. The van der Waals surface area contributed by atoms with E-state index in [1.165, 1.54) is 0 Å². The Kier molecular flexibility index (Phi) is 3.57. The number of benzene rings is 1. The summed E-state index contributed by atoms with van der Waals surface area (Å²) in [5.74, 6) is 0.198. The zero-order chi connectivity index (χ0) is 17.8. The lowest BCUT2D eigenvalue weighted by Crippen LogP contribution is -2.58. The van der Waals surface area contributed by atoms with Crippen LogP contribution in [-0.2, 0) is 4.79 Å². The van der Waals surface area contributed by atoms with Gasteiger partial charge >= 0.3 is 0 Å². The van der Waals surface area contributed by atoms with Gasteiger partial charge in [-0.1, -0.05) is 12.1 Å². The van der Waals surface area contributed by atoms with Gasteiger partial charge in [0.2, 0.25) is 5.91 Å². The maximum absolute atomic E-state index is 12.1. The van der Waals surface area contributed by atoms with Gasteiger partial charge in [-0.2, -0.15) is 5.10 Å². The smallest absolute Gasteiger partial charge is 0.244 e. The Morgan fingerprint density at radius 1 is 1.19 bits per heavy atom. The van der Waals surface area contributed by atoms with E-state index in [0.29, 0.717) is 23.8 Å². The summed E-state index contributed by atoms with van der Waals surface area (Å²) in [5, 5.41) is 17.7. The third kappa shape index (κ3) is 2.43. The van der Waals surface area contributed by atoms with Crippen molar-refractivity contribution in [1.29, 1.82) is 0 Å². The first-order chi connectivity index (χ1) is 12.6. The summed E-state index contributed by atoms with van der Waals surface area (Å²) in [4.78, 5) is 14.3. The fourth-order valence-electron chi connectivity index (χ4n) is 3.61. The van der Waals surface area contributed by atoms with Crippen LogP contribution in [0.4, 0.5) is 11.4 Å². The first-order valence-corrected chi connectivity index (χ1v) is 9.34. The molecule has 0 spiro atoms. The number of para-hydroxylation sites is 1.